The summed E-state index contributed by atoms with van der Waals surface area (Å²) >= 11 is 0. The second-order valence-electron chi connectivity index (χ2n) is 3.93. The van der Waals surface area contributed by atoms with Crippen LogP contribution in [0.2, 0.25) is 0 Å². The van der Waals surface area contributed by atoms with E-state index in [2.05, 4.69) is 24.3 Å². The number of hydrogen-bond acceptors (Lipinski definition) is 4. The van der Waals surface area contributed by atoms with Crippen LogP contribution in [-0.2, 0) is 18.3 Å². The number of ether oxygens (including phenoxy) is 1. The molecule has 0 radical (unpaired) electrons. The molecular formula is C11H20ClN3O2. The summed E-state index contributed by atoms with van der Waals surface area (Å²) in [7, 11) is 1.79. The zero-order valence-electron chi connectivity index (χ0n) is 10.7. The highest BCUT2D eigenvalue weighted by molar-refractivity contribution is 5.88. The predicted octanol–water partition coefficient (Wildman–Crippen LogP) is 1.52. The smallest absolute Gasteiger partial charge is 0.359 e. The van der Waals surface area contributed by atoms with Gasteiger partial charge in [0.1, 0.15) is 0 Å². The van der Waals surface area contributed by atoms with E-state index >= 15 is 0 Å². The zero-order valence-corrected chi connectivity index (χ0v) is 11.5. The lowest BCUT2D eigenvalue weighted by molar-refractivity contribution is 0.0517. The molecule has 0 fully saturated rings. The van der Waals surface area contributed by atoms with E-state index in [9.17, 15) is 4.79 Å². The van der Waals surface area contributed by atoms with Gasteiger partial charge in [-0.25, -0.2) is 4.79 Å². The quantitative estimate of drug-likeness (QED) is 0.817. The maximum absolute atomic E-state index is 11.6. The molecule has 0 saturated carbocycles. The molecule has 0 saturated heterocycles. The molecule has 1 aromatic rings. The molecule has 98 valence electrons. The first-order valence-corrected chi connectivity index (χ1v) is 5.47. The van der Waals surface area contributed by atoms with Crippen molar-refractivity contribution in [2.24, 2.45) is 7.05 Å². The zero-order chi connectivity index (χ0) is 12.1. The van der Waals surface area contributed by atoms with Gasteiger partial charge in [-0.1, -0.05) is 13.8 Å². The molecule has 0 atom stereocenters. The summed E-state index contributed by atoms with van der Waals surface area (Å²) in [5.74, 6) is -0.358. The first-order valence-electron chi connectivity index (χ1n) is 5.47. The number of rotatable bonds is 5. The Labute approximate surface area is 108 Å². The van der Waals surface area contributed by atoms with Crippen LogP contribution in [0.1, 0.15) is 36.8 Å². The average molecular weight is 262 g/mol. The molecule has 0 bridgehead atoms. The van der Waals surface area contributed by atoms with Crippen LogP contribution >= 0.6 is 12.4 Å². The Balaban J connectivity index is 0.00000256. The van der Waals surface area contributed by atoms with Crippen LogP contribution in [0.3, 0.4) is 0 Å². The van der Waals surface area contributed by atoms with Crippen LogP contribution in [0, 0.1) is 0 Å². The summed E-state index contributed by atoms with van der Waals surface area (Å²) in [6, 6.07) is 0.371. The normalized spacial score (nSPS) is 10.2. The van der Waals surface area contributed by atoms with Gasteiger partial charge in [0.15, 0.2) is 5.69 Å². The highest BCUT2D eigenvalue weighted by Gasteiger charge is 2.16. The van der Waals surface area contributed by atoms with Gasteiger partial charge in [-0.3, -0.25) is 4.68 Å². The molecule has 0 aromatic carbocycles. The van der Waals surface area contributed by atoms with Gasteiger partial charge in [-0.05, 0) is 6.92 Å². The summed E-state index contributed by atoms with van der Waals surface area (Å²) in [5, 5.41) is 7.36. The molecule has 0 aliphatic rings. The van der Waals surface area contributed by atoms with Gasteiger partial charge in [0.2, 0.25) is 0 Å². The molecule has 0 aliphatic carbocycles. The van der Waals surface area contributed by atoms with Crippen LogP contribution in [-0.4, -0.2) is 28.4 Å². The van der Waals surface area contributed by atoms with E-state index in [1.807, 2.05) is 6.20 Å². The van der Waals surface area contributed by atoms with E-state index in [-0.39, 0.29) is 18.4 Å². The van der Waals surface area contributed by atoms with E-state index in [0.717, 1.165) is 5.56 Å². The van der Waals surface area contributed by atoms with Crippen LogP contribution in [0.5, 0.6) is 0 Å². The highest BCUT2D eigenvalue weighted by Crippen LogP contribution is 2.08. The number of nitrogens with zero attached hydrogens (tertiary/aromatic N) is 2. The van der Waals surface area contributed by atoms with Crippen molar-refractivity contribution in [3.8, 4) is 0 Å². The van der Waals surface area contributed by atoms with Crippen molar-refractivity contribution in [2.45, 2.75) is 33.4 Å². The number of aromatic nitrogens is 2. The summed E-state index contributed by atoms with van der Waals surface area (Å²) in [6.45, 7) is 6.89. The molecule has 17 heavy (non-hydrogen) atoms. The van der Waals surface area contributed by atoms with E-state index in [4.69, 9.17) is 4.74 Å². The second-order valence-corrected chi connectivity index (χ2v) is 3.93. The Morgan fingerprint density at radius 2 is 2.24 bits per heavy atom. The van der Waals surface area contributed by atoms with Crippen molar-refractivity contribution in [1.29, 1.82) is 0 Å². The minimum Gasteiger partial charge on any atom is -0.461 e. The summed E-state index contributed by atoms with van der Waals surface area (Å²) in [5.41, 5.74) is 1.27. The summed E-state index contributed by atoms with van der Waals surface area (Å²) in [6.07, 6.45) is 1.83. The highest BCUT2D eigenvalue weighted by atomic mass is 35.5. The molecule has 1 heterocycles. The fourth-order valence-corrected chi connectivity index (χ4v) is 1.35. The van der Waals surface area contributed by atoms with Gasteiger partial charge in [0, 0.05) is 31.4 Å². The first kappa shape index (κ1) is 15.9. The number of nitrogens with one attached hydrogen (secondary N) is 1. The molecule has 1 aromatic heterocycles. The lowest BCUT2D eigenvalue weighted by Gasteiger charge is -2.07. The molecule has 0 aliphatic heterocycles. The molecule has 1 rings (SSSR count). The number of aryl methyl sites for hydroxylation is 1. The van der Waals surface area contributed by atoms with Crippen molar-refractivity contribution in [1.82, 2.24) is 15.1 Å². The van der Waals surface area contributed by atoms with E-state index in [1.165, 1.54) is 0 Å². The monoisotopic (exact) mass is 261 g/mol. The van der Waals surface area contributed by atoms with Crippen LogP contribution in [0.25, 0.3) is 0 Å². The van der Waals surface area contributed by atoms with Crippen LogP contribution in [0.4, 0.5) is 0 Å². The number of carbonyl (C=O) groups excluding carboxylic acids is 1. The summed E-state index contributed by atoms with van der Waals surface area (Å²) in [4.78, 5) is 11.6. The number of carbonyl (C=O) groups is 1. The van der Waals surface area contributed by atoms with E-state index < -0.39 is 0 Å². The fourth-order valence-electron chi connectivity index (χ4n) is 1.35. The van der Waals surface area contributed by atoms with E-state index in [1.54, 1.807) is 18.7 Å². The van der Waals surface area contributed by atoms with E-state index in [0.29, 0.717) is 24.9 Å². The minimum atomic E-state index is -0.358. The van der Waals surface area contributed by atoms with Crippen molar-refractivity contribution >= 4 is 18.4 Å². The fraction of sp³-hybridized carbons (Fsp3) is 0.636. The Morgan fingerprint density at radius 3 is 2.76 bits per heavy atom. The third kappa shape index (κ3) is 4.75. The minimum absolute atomic E-state index is 0. The Morgan fingerprint density at radius 1 is 1.59 bits per heavy atom. The van der Waals surface area contributed by atoms with Crippen molar-refractivity contribution in [3.63, 3.8) is 0 Å². The van der Waals surface area contributed by atoms with Gasteiger partial charge in [-0.15, -0.1) is 12.4 Å². The first-order chi connectivity index (χ1) is 7.54. The summed E-state index contributed by atoms with van der Waals surface area (Å²) < 4.78 is 6.57. The Bertz CT molecular complexity index is 364. The van der Waals surface area contributed by atoms with Gasteiger partial charge < -0.3 is 10.1 Å². The van der Waals surface area contributed by atoms with Gasteiger partial charge in [0.25, 0.3) is 0 Å². The maximum atomic E-state index is 11.6. The van der Waals surface area contributed by atoms with Crippen LogP contribution in [0.15, 0.2) is 6.20 Å². The lowest BCUT2D eigenvalue weighted by atomic mass is 10.2. The lowest BCUT2D eigenvalue weighted by Crippen LogP contribution is -2.23. The van der Waals surface area contributed by atoms with Gasteiger partial charge in [0.05, 0.1) is 6.61 Å². The molecule has 0 amide bonds. The SMILES string of the molecule is CCOC(=O)c1nn(C)cc1CNC(C)C.Cl. The predicted molar refractivity (Wildman–Crippen MR) is 68.4 cm³/mol. The van der Waals surface area contributed by atoms with Crippen molar-refractivity contribution in [3.05, 3.63) is 17.5 Å². The topological polar surface area (TPSA) is 56.1 Å². The Hall–Kier alpha value is -1.07. The third-order valence-electron chi connectivity index (χ3n) is 2.07. The average Bonchev–Trinajstić information content (AvgIpc) is 2.57. The molecule has 0 spiro atoms. The molecular weight excluding hydrogens is 242 g/mol. The maximum Gasteiger partial charge on any atom is 0.359 e. The molecule has 5 nitrogen and oxygen atoms in total. The third-order valence-corrected chi connectivity index (χ3v) is 2.07. The second kappa shape index (κ2) is 7.29. The molecule has 6 heteroatoms. The number of esters is 1. The standard InChI is InChI=1S/C11H19N3O2.ClH/c1-5-16-11(15)10-9(6-12-8(2)3)7-14(4)13-10;/h7-8,12H,5-6H2,1-4H3;1H. The molecule has 0 unspecified atom stereocenters. The molecule has 1 N–H and O–H groups in total. The Kier molecular flexibility index (Phi) is 6.83. The largest absolute Gasteiger partial charge is 0.461 e. The number of halogens is 1. The van der Waals surface area contributed by atoms with Crippen molar-refractivity contribution < 1.29 is 9.53 Å². The van der Waals surface area contributed by atoms with Gasteiger partial charge in [-0.2, -0.15) is 5.10 Å². The van der Waals surface area contributed by atoms with Crippen LogP contribution < -0.4 is 5.32 Å². The van der Waals surface area contributed by atoms with Crippen molar-refractivity contribution in [2.75, 3.05) is 6.61 Å². The number of hydrogen-bond donors (Lipinski definition) is 1. The van der Waals surface area contributed by atoms with Gasteiger partial charge >= 0.3 is 5.97 Å².